The molecule has 0 saturated carbocycles. The smallest absolute Gasteiger partial charge is 0.418 e. The van der Waals surface area contributed by atoms with Gasteiger partial charge < -0.3 is 10.1 Å². The predicted molar refractivity (Wildman–Crippen MR) is 81.6 cm³/mol. The normalized spacial score (nSPS) is 12.6. The minimum atomic E-state index is -4.56. The lowest BCUT2D eigenvalue weighted by molar-refractivity contribution is -0.137. The number of hydrogen-bond acceptors (Lipinski definition) is 2. The van der Waals surface area contributed by atoms with Crippen molar-refractivity contribution < 1.29 is 22.7 Å². The molecule has 0 radical (unpaired) electrons. The van der Waals surface area contributed by atoms with Gasteiger partial charge in [0.15, 0.2) is 6.10 Å². The SMILES string of the molecule is C[C@@H](Oc1ccccc1Cl)C(=O)Nc1ccccc1C(F)(F)F. The van der Waals surface area contributed by atoms with E-state index < -0.39 is 23.8 Å². The Hall–Kier alpha value is -2.21. The molecular weight excluding hydrogens is 331 g/mol. The number of benzene rings is 2. The van der Waals surface area contributed by atoms with Crippen LogP contribution in [0.5, 0.6) is 5.75 Å². The molecule has 0 saturated heterocycles. The van der Waals surface area contributed by atoms with Crippen molar-refractivity contribution in [3.8, 4) is 5.75 Å². The molecule has 3 nitrogen and oxygen atoms in total. The molecule has 0 aliphatic carbocycles. The second-order valence-corrected chi connectivity index (χ2v) is 5.13. The monoisotopic (exact) mass is 343 g/mol. The topological polar surface area (TPSA) is 38.3 Å². The van der Waals surface area contributed by atoms with Gasteiger partial charge in [-0.2, -0.15) is 13.2 Å². The fourth-order valence-corrected chi connectivity index (χ4v) is 2.04. The fourth-order valence-electron chi connectivity index (χ4n) is 1.86. The molecule has 0 heterocycles. The molecule has 0 spiro atoms. The number of halogens is 4. The summed E-state index contributed by atoms with van der Waals surface area (Å²) in [5.74, 6) is -0.428. The Kier molecular flexibility index (Phi) is 5.15. The van der Waals surface area contributed by atoms with Crippen molar-refractivity contribution >= 4 is 23.2 Å². The molecule has 7 heteroatoms. The maximum absolute atomic E-state index is 12.9. The summed E-state index contributed by atoms with van der Waals surface area (Å²) in [6.07, 6.45) is -5.58. The first-order valence-corrected chi connectivity index (χ1v) is 7.05. The van der Waals surface area contributed by atoms with Crippen LogP contribution in [-0.2, 0) is 11.0 Å². The fraction of sp³-hybridized carbons (Fsp3) is 0.188. The van der Waals surface area contributed by atoms with E-state index in [-0.39, 0.29) is 11.4 Å². The summed E-state index contributed by atoms with van der Waals surface area (Å²) in [7, 11) is 0. The summed E-state index contributed by atoms with van der Waals surface area (Å²) in [5, 5.41) is 2.54. The zero-order valence-electron chi connectivity index (χ0n) is 12.0. The molecule has 1 N–H and O–H groups in total. The Labute approximate surface area is 136 Å². The first-order chi connectivity index (χ1) is 10.8. The molecule has 23 heavy (non-hydrogen) atoms. The number of nitrogens with one attached hydrogen (secondary N) is 1. The Morgan fingerprint density at radius 3 is 2.39 bits per heavy atom. The third-order valence-corrected chi connectivity index (χ3v) is 3.31. The minimum Gasteiger partial charge on any atom is -0.479 e. The van der Waals surface area contributed by atoms with Crippen LogP contribution in [0, 0.1) is 0 Å². The summed E-state index contributed by atoms with van der Waals surface area (Å²) in [4.78, 5) is 12.1. The van der Waals surface area contributed by atoms with Crippen molar-refractivity contribution in [3.63, 3.8) is 0 Å². The summed E-state index contributed by atoms with van der Waals surface area (Å²) < 4.78 is 44.1. The summed E-state index contributed by atoms with van der Waals surface area (Å²) in [6.45, 7) is 1.43. The van der Waals surface area contributed by atoms with Gasteiger partial charge in [-0.1, -0.05) is 35.9 Å². The lowest BCUT2D eigenvalue weighted by atomic mass is 10.1. The standard InChI is InChI=1S/C16H13ClF3NO2/c1-10(23-14-9-5-3-7-12(14)17)15(22)21-13-8-4-2-6-11(13)16(18,19)20/h2-10H,1H3,(H,21,22)/t10-/m1/s1. The van der Waals surface area contributed by atoms with E-state index in [1.54, 1.807) is 24.3 Å². The van der Waals surface area contributed by atoms with Crippen LogP contribution in [0.3, 0.4) is 0 Å². The molecule has 0 aliphatic heterocycles. The lowest BCUT2D eigenvalue weighted by Gasteiger charge is -2.18. The third-order valence-electron chi connectivity index (χ3n) is 3.00. The molecule has 2 rings (SSSR count). The first kappa shape index (κ1) is 17.1. The number of alkyl halides is 3. The van der Waals surface area contributed by atoms with Crippen molar-refractivity contribution in [2.75, 3.05) is 5.32 Å². The number of ether oxygens (including phenoxy) is 1. The van der Waals surface area contributed by atoms with Crippen LogP contribution in [-0.4, -0.2) is 12.0 Å². The molecule has 0 bridgehead atoms. The highest BCUT2D eigenvalue weighted by Crippen LogP contribution is 2.34. The van der Waals surface area contributed by atoms with E-state index >= 15 is 0 Å². The number of anilines is 1. The maximum atomic E-state index is 12.9. The number of carbonyl (C=O) groups excluding carboxylic acids is 1. The first-order valence-electron chi connectivity index (χ1n) is 6.67. The zero-order valence-corrected chi connectivity index (χ0v) is 12.8. The van der Waals surface area contributed by atoms with Crippen LogP contribution in [0.4, 0.5) is 18.9 Å². The molecule has 2 aromatic carbocycles. The molecular formula is C16H13ClF3NO2. The van der Waals surface area contributed by atoms with Gasteiger partial charge in [-0.25, -0.2) is 0 Å². The quantitative estimate of drug-likeness (QED) is 0.868. The minimum absolute atomic E-state index is 0.279. The van der Waals surface area contributed by atoms with Gasteiger partial charge in [0.25, 0.3) is 5.91 Å². The van der Waals surface area contributed by atoms with Crippen LogP contribution in [0.1, 0.15) is 12.5 Å². The van der Waals surface area contributed by atoms with Gasteiger partial charge >= 0.3 is 6.18 Å². The molecule has 1 amide bonds. The van der Waals surface area contributed by atoms with Crippen molar-refractivity contribution in [1.82, 2.24) is 0 Å². The highest BCUT2D eigenvalue weighted by atomic mass is 35.5. The number of hydrogen-bond donors (Lipinski definition) is 1. The largest absolute Gasteiger partial charge is 0.479 e. The maximum Gasteiger partial charge on any atom is 0.418 e. The van der Waals surface area contributed by atoms with E-state index in [1.807, 2.05) is 0 Å². The molecule has 122 valence electrons. The average molecular weight is 344 g/mol. The lowest BCUT2D eigenvalue weighted by Crippen LogP contribution is -2.31. The van der Waals surface area contributed by atoms with Gasteiger partial charge in [0.2, 0.25) is 0 Å². The van der Waals surface area contributed by atoms with Gasteiger partial charge in [0.1, 0.15) is 5.75 Å². The molecule has 1 atom stereocenters. The highest BCUT2D eigenvalue weighted by molar-refractivity contribution is 6.32. The Balaban J connectivity index is 2.12. The Morgan fingerprint density at radius 2 is 1.74 bits per heavy atom. The van der Waals surface area contributed by atoms with E-state index in [0.29, 0.717) is 5.02 Å². The molecule has 0 aliphatic rings. The number of rotatable bonds is 4. The van der Waals surface area contributed by atoms with Crippen LogP contribution >= 0.6 is 11.6 Å². The number of para-hydroxylation sites is 2. The zero-order chi connectivity index (χ0) is 17.0. The van der Waals surface area contributed by atoms with Crippen molar-refractivity contribution in [2.45, 2.75) is 19.2 Å². The van der Waals surface area contributed by atoms with Crippen molar-refractivity contribution in [2.24, 2.45) is 0 Å². The molecule has 0 unspecified atom stereocenters. The van der Waals surface area contributed by atoms with Gasteiger partial charge in [-0.3, -0.25) is 4.79 Å². The summed E-state index contributed by atoms with van der Waals surface area (Å²) in [6, 6.07) is 11.3. The Morgan fingerprint density at radius 1 is 1.13 bits per heavy atom. The second kappa shape index (κ2) is 6.91. The highest BCUT2D eigenvalue weighted by Gasteiger charge is 2.34. The van der Waals surface area contributed by atoms with E-state index in [0.717, 1.165) is 6.07 Å². The van der Waals surface area contributed by atoms with E-state index in [1.165, 1.54) is 25.1 Å². The molecule has 2 aromatic rings. The predicted octanol–water partition coefficient (Wildman–Crippen LogP) is 4.76. The van der Waals surface area contributed by atoms with E-state index in [4.69, 9.17) is 16.3 Å². The van der Waals surface area contributed by atoms with Gasteiger partial charge in [-0.15, -0.1) is 0 Å². The van der Waals surface area contributed by atoms with E-state index in [2.05, 4.69) is 5.32 Å². The summed E-state index contributed by atoms with van der Waals surface area (Å²) >= 11 is 5.91. The average Bonchev–Trinajstić information content (AvgIpc) is 2.49. The van der Waals surface area contributed by atoms with Crippen LogP contribution < -0.4 is 10.1 Å². The van der Waals surface area contributed by atoms with E-state index in [9.17, 15) is 18.0 Å². The van der Waals surface area contributed by atoms with Crippen molar-refractivity contribution in [1.29, 1.82) is 0 Å². The molecule has 0 aromatic heterocycles. The van der Waals surface area contributed by atoms with Crippen molar-refractivity contribution in [3.05, 3.63) is 59.1 Å². The Bertz CT molecular complexity index is 704. The number of amides is 1. The summed E-state index contributed by atoms with van der Waals surface area (Å²) in [5.41, 5.74) is -1.24. The number of carbonyl (C=O) groups is 1. The van der Waals surface area contributed by atoms with Gasteiger partial charge in [0, 0.05) is 0 Å². The third kappa shape index (κ3) is 4.39. The second-order valence-electron chi connectivity index (χ2n) is 4.72. The van der Waals surface area contributed by atoms with Crippen LogP contribution in [0.2, 0.25) is 5.02 Å². The molecule has 0 fully saturated rings. The van der Waals surface area contributed by atoms with Gasteiger partial charge in [-0.05, 0) is 31.2 Å². The van der Waals surface area contributed by atoms with Crippen LogP contribution in [0.25, 0.3) is 0 Å². The van der Waals surface area contributed by atoms with Crippen LogP contribution in [0.15, 0.2) is 48.5 Å². The van der Waals surface area contributed by atoms with Gasteiger partial charge in [0.05, 0.1) is 16.3 Å².